The first-order valence-corrected chi connectivity index (χ1v) is 9.47. The molecule has 1 spiro atoms. The first kappa shape index (κ1) is 16.5. The zero-order valence-electron chi connectivity index (χ0n) is 14.8. The van der Waals surface area contributed by atoms with E-state index in [2.05, 4.69) is 5.92 Å². The molecule has 0 N–H and O–H groups in total. The van der Waals surface area contributed by atoms with Crippen molar-refractivity contribution in [3.05, 3.63) is 23.5 Å². The second-order valence-corrected chi connectivity index (χ2v) is 8.01. The van der Waals surface area contributed by atoms with E-state index < -0.39 is 11.2 Å². The fraction of sp³-hybridized carbons (Fsp3) is 0.476. The van der Waals surface area contributed by atoms with E-state index in [-0.39, 0.29) is 41.8 Å². The molecule has 4 aliphatic rings. The van der Waals surface area contributed by atoms with Gasteiger partial charge in [-0.05, 0) is 43.4 Å². The maximum atomic E-state index is 15.0. The standard InChI is InChI=1S/C21H19FN2O3/c1-2-9-23-16-11-17(15(22)10-14(16)21(7-8-21)20(23)27)24-18(25)12-5-3-4-6-13(12)19(24)26/h1,10-13H,3-9H2. The quantitative estimate of drug-likeness (QED) is 0.597. The zero-order chi connectivity index (χ0) is 18.9. The van der Waals surface area contributed by atoms with E-state index in [9.17, 15) is 14.4 Å². The SMILES string of the molecule is C#CCN1C(=O)C2(CC2)c2cc(F)c(N3C(=O)C4CCCCC4C3=O)cc21. The van der Waals surface area contributed by atoms with Crippen LogP contribution >= 0.6 is 0 Å². The molecule has 0 aromatic heterocycles. The molecule has 3 amide bonds. The van der Waals surface area contributed by atoms with E-state index in [1.807, 2.05) is 0 Å². The third-order valence-corrected chi connectivity index (χ3v) is 6.61. The third kappa shape index (κ3) is 2.03. The lowest BCUT2D eigenvalue weighted by Gasteiger charge is -2.19. The van der Waals surface area contributed by atoms with Gasteiger partial charge in [-0.1, -0.05) is 18.8 Å². The zero-order valence-corrected chi connectivity index (χ0v) is 14.8. The Kier molecular flexibility index (Phi) is 3.31. The Hall–Kier alpha value is -2.68. The van der Waals surface area contributed by atoms with Crippen molar-refractivity contribution in [2.24, 2.45) is 11.8 Å². The highest BCUT2D eigenvalue weighted by Gasteiger charge is 2.60. The van der Waals surface area contributed by atoms with Gasteiger partial charge in [0.15, 0.2) is 0 Å². The van der Waals surface area contributed by atoms with E-state index in [4.69, 9.17) is 6.42 Å². The van der Waals surface area contributed by atoms with Gasteiger partial charge < -0.3 is 0 Å². The summed E-state index contributed by atoms with van der Waals surface area (Å²) in [5.41, 5.74) is 0.437. The van der Waals surface area contributed by atoms with Gasteiger partial charge in [-0.15, -0.1) is 6.42 Å². The summed E-state index contributed by atoms with van der Waals surface area (Å²) in [6.45, 7) is 0.0891. The number of halogens is 1. The summed E-state index contributed by atoms with van der Waals surface area (Å²) in [7, 11) is 0. The van der Waals surface area contributed by atoms with Crippen LogP contribution in [0.1, 0.15) is 44.1 Å². The number of anilines is 2. The van der Waals surface area contributed by atoms with Crippen LogP contribution in [0.4, 0.5) is 15.8 Å². The Balaban J connectivity index is 1.61. The van der Waals surface area contributed by atoms with Gasteiger partial charge in [0.25, 0.3) is 0 Å². The molecule has 5 nitrogen and oxygen atoms in total. The minimum Gasteiger partial charge on any atom is -0.300 e. The van der Waals surface area contributed by atoms with Crippen LogP contribution in [0.2, 0.25) is 0 Å². The molecule has 3 fully saturated rings. The number of benzene rings is 1. The van der Waals surface area contributed by atoms with Gasteiger partial charge in [-0.25, -0.2) is 9.29 Å². The second-order valence-electron chi connectivity index (χ2n) is 8.01. The van der Waals surface area contributed by atoms with Crippen molar-refractivity contribution in [1.29, 1.82) is 0 Å². The summed E-state index contributed by atoms with van der Waals surface area (Å²) in [6.07, 6.45) is 9.92. The maximum absolute atomic E-state index is 15.0. The minimum absolute atomic E-state index is 0.0503. The van der Waals surface area contributed by atoms with Crippen molar-refractivity contribution >= 4 is 29.1 Å². The molecule has 5 rings (SSSR count). The molecule has 1 aromatic carbocycles. The Morgan fingerprint density at radius 2 is 1.70 bits per heavy atom. The molecule has 2 heterocycles. The number of amides is 3. The van der Waals surface area contributed by atoms with Crippen molar-refractivity contribution in [3.8, 4) is 12.3 Å². The smallest absolute Gasteiger partial charge is 0.238 e. The van der Waals surface area contributed by atoms with Crippen LogP contribution < -0.4 is 9.80 Å². The fourth-order valence-corrected chi connectivity index (χ4v) is 5.07. The maximum Gasteiger partial charge on any atom is 0.238 e. The molecular formula is C21H19FN2O3. The van der Waals surface area contributed by atoms with Gasteiger partial charge in [0.05, 0.1) is 35.2 Å². The molecule has 0 radical (unpaired) electrons. The molecule has 2 saturated carbocycles. The van der Waals surface area contributed by atoms with Crippen LogP contribution in [-0.2, 0) is 19.8 Å². The van der Waals surface area contributed by atoms with E-state index in [1.165, 1.54) is 17.0 Å². The Bertz CT molecular complexity index is 919. The summed E-state index contributed by atoms with van der Waals surface area (Å²) >= 11 is 0. The topological polar surface area (TPSA) is 57.7 Å². The Labute approximate surface area is 156 Å². The summed E-state index contributed by atoms with van der Waals surface area (Å²) in [6, 6.07) is 2.80. The predicted octanol–water partition coefficient (Wildman–Crippen LogP) is 2.52. The van der Waals surface area contributed by atoms with Crippen LogP contribution in [-0.4, -0.2) is 24.3 Å². The summed E-state index contributed by atoms with van der Waals surface area (Å²) in [5, 5.41) is 0. The summed E-state index contributed by atoms with van der Waals surface area (Å²) in [5.74, 6) is 0.389. The van der Waals surface area contributed by atoms with E-state index >= 15 is 4.39 Å². The fourth-order valence-electron chi connectivity index (χ4n) is 5.07. The van der Waals surface area contributed by atoms with Crippen LogP contribution in [0, 0.1) is 30.0 Å². The predicted molar refractivity (Wildman–Crippen MR) is 96.4 cm³/mol. The number of hydrogen-bond donors (Lipinski definition) is 0. The molecular weight excluding hydrogens is 347 g/mol. The molecule has 1 saturated heterocycles. The van der Waals surface area contributed by atoms with Crippen LogP contribution in [0.3, 0.4) is 0 Å². The lowest BCUT2D eigenvalue weighted by atomic mass is 9.81. The van der Waals surface area contributed by atoms with Crippen LogP contribution in [0.25, 0.3) is 0 Å². The number of nitrogens with zero attached hydrogens (tertiary/aromatic N) is 2. The van der Waals surface area contributed by atoms with Gasteiger partial charge in [0, 0.05) is 0 Å². The number of carbonyl (C=O) groups excluding carboxylic acids is 3. The highest BCUT2D eigenvalue weighted by atomic mass is 19.1. The van der Waals surface area contributed by atoms with Crippen molar-refractivity contribution in [1.82, 2.24) is 0 Å². The number of hydrogen-bond acceptors (Lipinski definition) is 3. The van der Waals surface area contributed by atoms with Gasteiger partial charge in [0.2, 0.25) is 17.7 Å². The molecule has 6 heteroatoms. The van der Waals surface area contributed by atoms with Gasteiger partial charge in [-0.3, -0.25) is 19.3 Å². The average molecular weight is 366 g/mol. The molecule has 2 unspecified atom stereocenters. The number of fused-ring (bicyclic) bond motifs is 3. The van der Waals surface area contributed by atoms with Gasteiger partial charge in [-0.2, -0.15) is 0 Å². The number of rotatable bonds is 2. The Morgan fingerprint density at radius 3 is 2.26 bits per heavy atom. The minimum atomic E-state index is -0.668. The number of terminal acetylenes is 1. The third-order valence-electron chi connectivity index (χ3n) is 6.61. The normalized spacial score (nSPS) is 27.8. The lowest BCUT2D eigenvalue weighted by molar-refractivity contribution is -0.122. The summed E-state index contributed by atoms with van der Waals surface area (Å²) in [4.78, 5) is 40.9. The first-order chi connectivity index (χ1) is 13.0. The van der Waals surface area contributed by atoms with Crippen molar-refractivity contribution in [3.63, 3.8) is 0 Å². The average Bonchev–Trinajstić information content (AvgIpc) is 3.40. The largest absolute Gasteiger partial charge is 0.300 e. The first-order valence-electron chi connectivity index (χ1n) is 9.47. The molecule has 0 bridgehead atoms. The molecule has 27 heavy (non-hydrogen) atoms. The van der Waals surface area contributed by atoms with E-state index in [1.54, 1.807) is 0 Å². The molecule has 2 atom stereocenters. The van der Waals surface area contributed by atoms with Crippen molar-refractivity contribution in [2.45, 2.75) is 43.9 Å². The van der Waals surface area contributed by atoms with Crippen LogP contribution in [0.5, 0.6) is 0 Å². The number of imide groups is 1. The highest BCUT2D eigenvalue weighted by Crippen LogP contribution is 2.58. The Morgan fingerprint density at radius 1 is 1.07 bits per heavy atom. The van der Waals surface area contributed by atoms with Gasteiger partial charge >= 0.3 is 0 Å². The molecule has 2 aliphatic carbocycles. The monoisotopic (exact) mass is 366 g/mol. The van der Waals surface area contributed by atoms with Gasteiger partial charge in [0.1, 0.15) is 5.82 Å². The van der Waals surface area contributed by atoms with Crippen LogP contribution in [0.15, 0.2) is 12.1 Å². The lowest BCUT2D eigenvalue weighted by Crippen LogP contribution is -2.33. The van der Waals surface area contributed by atoms with E-state index in [0.717, 1.165) is 17.7 Å². The molecule has 138 valence electrons. The van der Waals surface area contributed by atoms with Crippen molar-refractivity contribution in [2.75, 3.05) is 16.3 Å². The molecule has 2 aliphatic heterocycles. The van der Waals surface area contributed by atoms with Crippen molar-refractivity contribution < 1.29 is 18.8 Å². The molecule has 1 aromatic rings. The highest BCUT2D eigenvalue weighted by molar-refractivity contribution is 6.22. The van der Waals surface area contributed by atoms with E-state index in [0.29, 0.717) is 36.9 Å². The summed E-state index contributed by atoms with van der Waals surface area (Å²) < 4.78 is 15.0. The number of carbonyl (C=O) groups is 3. The second kappa shape index (κ2) is 5.41.